The van der Waals surface area contributed by atoms with Gasteiger partial charge in [0.1, 0.15) is 6.54 Å². The zero-order chi connectivity index (χ0) is 21.9. The minimum atomic E-state index is -3.64. The first kappa shape index (κ1) is 21.5. The van der Waals surface area contributed by atoms with Gasteiger partial charge < -0.3 is 10.1 Å². The Morgan fingerprint density at radius 3 is 2.50 bits per heavy atom. The molecule has 158 valence electrons. The van der Waals surface area contributed by atoms with Crippen LogP contribution in [0, 0.1) is 6.92 Å². The number of anilines is 2. The standard InChI is InChI=1S/C21H22N2O6S/c1-14-7-9-16(10-8-14)30(27,28)12-11-20(25)29-15(2)21(26)23-13-19(24)22-17-5-3-4-6-18(17)23/h3-10,15H,11-13H2,1-2H3,(H,22,24). The smallest absolute Gasteiger partial charge is 0.307 e. The number of nitrogens with one attached hydrogen (secondary N) is 1. The third-order valence-electron chi connectivity index (χ3n) is 4.65. The van der Waals surface area contributed by atoms with Crippen LogP contribution in [0.25, 0.3) is 0 Å². The van der Waals surface area contributed by atoms with Crippen LogP contribution in [0.1, 0.15) is 18.9 Å². The largest absolute Gasteiger partial charge is 0.452 e. The predicted molar refractivity (Wildman–Crippen MR) is 111 cm³/mol. The highest BCUT2D eigenvalue weighted by molar-refractivity contribution is 7.91. The van der Waals surface area contributed by atoms with Crippen LogP contribution in [0.15, 0.2) is 53.4 Å². The van der Waals surface area contributed by atoms with Crippen LogP contribution < -0.4 is 10.2 Å². The SMILES string of the molecule is Cc1ccc(S(=O)(=O)CCC(=O)OC(C)C(=O)N2CC(=O)Nc3ccccc32)cc1. The number of fused-ring (bicyclic) bond motifs is 1. The first-order valence-electron chi connectivity index (χ1n) is 9.36. The summed E-state index contributed by atoms with van der Waals surface area (Å²) in [5.41, 5.74) is 1.92. The molecule has 0 fully saturated rings. The highest BCUT2D eigenvalue weighted by atomic mass is 32.2. The lowest BCUT2D eigenvalue weighted by Crippen LogP contribution is -2.47. The Kier molecular flexibility index (Phi) is 6.21. The molecule has 0 saturated heterocycles. The van der Waals surface area contributed by atoms with Crippen LogP contribution in [0.4, 0.5) is 11.4 Å². The molecule has 8 nitrogen and oxygen atoms in total. The predicted octanol–water partition coefficient (Wildman–Crippen LogP) is 2.08. The lowest BCUT2D eigenvalue weighted by Gasteiger charge is -2.30. The van der Waals surface area contributed by atoms with Gasteiger partial charge in [-0.3, -0.25) is 19.3 Å². The first-order chi connectivity index (χ1) is 14.2. The van der Waals surface area contributed by atoms with E-state index in [0.29, 0.717) is 11.4 Å². The number of rotatable bonds is 6. The minimum Gasteiger partial charge on any atom is -0.452 e. The maximum absolute atomic E-state index is 12.7. The van der Waals surface area contributed by atoms with E-state index in [9.17, 15) is 22.8 Å². The molecule has 1 aliphatic rings. The van der Waals surface area contributed by atoms with Crippen LogP contribution in [0.2, 0.25) is 0 Å². The van der Waals surface area contributed by atoms with E-state index >= 15 is 0 Å². The Balaban J connectivity index is 1.61. The van der Waals surface area contributed by atoms with Gasteiger partial charge in [-0.25, -0.2) is 8.42 Å². The van der Waals surface area contributed by atoms with Gasteiger partial charge in [0, 0.05) is 0 Å². The Hall–Kier alpha value is -3.20. The second-order valence-electron chi connectivity index (χ2n) is 7.00. The summed E-state index contributed by atoms with van der Waals surface area (Å²) in [6.07, 6.45) is -1.55. The van der Waals surface area contributed by atoms with Crippen LogP contribution in [-0.2, 0) is 29.0 Å². The summed E-state index contributed by atoms with van der Waals surface area (Å²) in [4.78, 5) is 38.1. The number of carbonyl (C=O) groups excluding carboxylic acids is 3. The van der Waals surface area contributed by atoms with E-state index in [4.69, 9.17) is 4.74 Å². The summed E-state index contributed by atoms with van der Waals surface area (Å²) in [5.74, 6) is -2.15. The molecule has 0 aliphatic carbocycles. The quantitative estimate of drug-likeness (QED) is 0.703. The van der Waals surface area contributed by atoms with E-state index in [0.717, 1.165) is 5.56 Å². The number of amides is 2. The molecule has 2 amide bonds. The van der Waals surface area contributed by atoms with Crippen molar-refractivity contribution in [3.05, 3.63) is 54.1 Å². The molecule has 30 heavy (non-hydrogen) atoms. The summed E-state index contributed by atoms with van der Waals surface area (Å²) >= 11 is 0. The number of aryl methyl sites for hydroxylation is 1. The molecule has 1 heterocycles. The second kappa shape index (κ2) is 8.66. The van der Waals surface area contributed by atoms with Crippen molar-refractivity contribution in [3.8, 4) is 0 Å². The van der Waals surface area contributed by atoms with E-state index in [1.54, 1.807) is 36.4 Å². The molecule has 0 spiro atoms. The second-order valence-corrected chi connectivity index (χ2v) is 9.11. The van der Waals surface area contributed by atoms with Gasteiger partial charge >= 0.3 is 5.97 Å². The molecule has 9 heteroatoms. The number of esters is 1. The number of nitrogens with zero attached hydrogens (tertiary/aromatic N) is 1. The molecule has 0 saturated carbocycles. The molecule has 1 aliphatic heterocycles. The Morgan fingerprint density at radius 2 is 1.80 bits per heavy atom. The fourth-order valence-corrected chi connectivity index (χ4v) is 4.26. The van der Waals surface area contributed by atoms with Gasteiger partial charge in [-0.05, 0) is 38.1 Å². The van der Waals surface area contributed by atoms with Crippen molar-refractivity contribution in [2.45, 2.75) is 31.3 Å². The number of hydrogen-bond acceptors (Lipinski definition) is 6. The lowest BCUT2D eigenvalue weighted by atomic mass is 10.1. The van der Waals surface area contributed by atoms with Crippen molar-refractivity contribution in [1.29, 1.82) is 0 Å². The Labute approximate surface area is 174 Å². The maximum atomic E-state index is 12.7. The van der Waals surface area contributed by atoms with Crippen molar-refractivity contribution in [1.82, 2.24) is 0 Å². The van der Waals surface area contributed by atoms with Crippen molar-refractivity contribution in [2.75, 3.05) is 22.5 Å². The molecule has 1 unspecified atom stereocenters. The van der Waals surface area contributed by atoms with Gasteiger partial charge in [-0.1, -0.05) is 29.8 Å². The average Bonchev–Trinajstić information content (AvgIpc) is 2.71. The van der Waals surface area contributed by atoms with Crippen LogP contribution in [0.3, 0.4) is 0 Å². The highest BCUT2D eigenvalue weighted by Gasteiger charge is 2.31. The zero-order valence-corrected chi connectivity index (χ0v) is 17.4. The monoisotopic (exact) mass is 430 g/mol. The van der Waals surface area contributed by atoms with Crippen molar-refractivity contribution < 1.29 is 27.5 Å². The van der Waals surface area contributed by atoms with E-state index in [-0.39, 0.29) is 23.8 Å². The van der Waals surface area contributed by atoms with E-state index in [2.05, 4.69) is 5.32 Å². The molecule has 3 rings (SSSR count). The topological polar surface area (TPSA) is 110 Å². The fourth-order valence-electron chi connectivity index (χ4n) is 3.04. The number of benzene rings is 2. The van der Waals surface area contributed by atoms with Crippen LogP contribution in [-0.4, -0.2) is 44.6 Å². The van der Waals surface area contributed by atoms with Crippen LogP contribution in [0.5, 0.6) is 0 Å². The number of ether oxygens (including phenoxy) is 1. The summed E-state index contributed by atoms with van der Waals surface area (Å²) in [6.45, 7) is 3.04. The maximum Gasteiger partial charge on any atom is 0.307 e. The van der Waals surface area contributed by atoms with E-state index < -0.39 is 33.6 Å². The molecule has 1 N–H and O–H groups in total. The third-order valence-corrected chi connectivity index (χ3v) is 6.38. The van der Waals surface area contributed by atoms with Gasteiger partial charge in [0.15, 0.2) is 15.9 Å². The zero-order valence-electron chi connectivity index (χ0n) is 16.6. The van der Waals surface area contributed by atoms with Crippen molar-refractivity contribution in [2.24, 2.45) is 0 Å². The molecule has 0 aromatic heterocycles. The van der Waals surface area contributed by atoms with E-state index in [1.165, 1.54) is 24.0 Å². The fraction of sp³-hybridized carbons (Fsp3) is 0.286. The Bertz CT molecular complexity index is 1080. The molecular weight excluding hydrogens is 408 g/mol. The molecule has 0 radical (unpaired) electrons. The number of para-hydroxylation sites is 2. The number of hydrogen-bond donors (Lipinski definition) is 1. The summed E-state index contributed by atoms with van der Waals surface area (Å²) < 4.78 is 29.9. The van der Waals surface area contributed by atoms with Crippen LogP contribution >= 0.6 is 0 Å². The van der Waals surface area contributed by atoms with Gasteiger partial charge in [0.05, 0.1) is 28.4 Å². The highest BCUT2D eigenvalue weighted by Crippen LogP contribution is 2.29. The number of carbonyl (C=O) groups is 3. The minimum absolute atomic E-state index is 0.126. The van der Waals surface area contributed by atoms with Crippen molar-refractivity contribution >= 4 is 39.0 Å². The third kappa shape index (κ3) is 4.85. The summed E-state index contributed by atoms with van der Waals surface area (Å²) in [6, 6.07) is 13.1. The first-order valence-corrected chi connectivity index (χ1v) is 11.0. The number of sulfone groups is 1. The molecule has 2 aromatic rings. The van der Waals surface area contributed by atoms with E-state index in [1.807, 2.05) is 6.92 Å². The van der Waals surface area contributed by atoms with Gasteiger partial charge in [-0.2, -0.15) is 0 Å². The molecule has 0 bridgehead atoms. The van der Waals surface area contributed by atoms with Gasteiger partial charge in [-0.15, -0.1) is 0 Å². The van der Waals surface area contributed by atoms with Gasteiger partial charge in [0.25, 0.3) is 5.91 Å². The van der Waals surface area contributed by atoms with Gasteiger partial charge in [0.2, 0.25) is 5.91 Å². The summed E-state index contributed by atoms with van der Waals surface area (Å²) in [7, 11) is -3.64. The molecule has 1 atom stereocenters. The Morgan fingerprint density at radius 1 is 1.13 bits per heavy atom. The summed E-state index contributed by atoms with van der Waals surface area (Å²) in [5, 5.41) is 2.67. The molecule has 2 aromatic carbocycles. The van der Waals surface area contributed by atoms with Crippen molar-refractivity contribution in [3.63, 3.8) is 0 Å². The molecular formula is C21H22N2O6S. The normalized spacial score (nSPS) is 14.5. The lowest BCUT2D eigenvalue weighted by molar-refractivity contribution is -0.153. The average molecular weight is 430 g/mol.